The zero-order valence-electron chi connectivity index (χ0n) is 13.2. The summed E-state index contributed by atoms with van der Waals surface area (Å²) in [6.45, 7) is 5.43. The third-order valence-electron chi connectivity index (χ3n) is 3.13. The van der Waals surface area contributed by atoms with Crippen molar-refractivity contribution in [2.75, 3.05) is 13.6 Å². The van der Waals surface area contributed by atoms with Crippen LogP contribution in [0.25, 0.3) is 5.69 Å². The van der Waals surface area contributed by atoms with Crippen molar-refractivity contribution in [3.05, 3.63) is 46.7 Å². The van der Waals surface area contributed by atoms with Crippen LogP contribution in [0.2, 0.25) is 5.02 Å². The van der Waals surface area contributed by atoms with Crippen LogP contribution in [-0.4, -0.2) is 44.9 Å². The molecule has 0 radical (unpaired) electrons. The van der Waals surface area contributed by atoms with E-state index in [1.54, 1.807) is 43.8 Å². The lowest BCUT2D eigenvalue weighted by atomic mass is 10.1. The molecule has 1 aromatic carbocycles. The van der Waals surface area contributed by atoms with Crippen molar-refractivity contribution < 1.29 is 9.90 Å². The third kappa shape index (κ3) is 3.87. The van der Waals surface area contributed by atoms with Crippen molar-refractivity contribution >= 4 is 17.5 Å². The maximum Gasteiger partial charge on any atom is 0.274 e. The number of aromatic nitrogens is 2. The molecule has 0 atom stereocenters. The van der Waals surface area contributed by atoms with E-state index in [2.05, 4.69) is 5.10 Å². The van der Waals surface area contributed by atoms with E-state index < -0.39 is 5.60 Å². The molecule has 1 amide bonds. The maximum atomic E-state index is 12.4. The topological polar surface area (TPSA) is 58.4 Å². The van der Waals surface area contributed by atoms with E-state index in [1.807, 2.05) is 19.1 Å². The zero-order valence-corrected chi connectivity index (χ0v) is 13.9. The van der Waals surface area contributed by atoms with Gasteiger partial charge in [-0.2, -0.15) is 5.10 Å². The highest BCUT2D eigenvalue weighted by molar-refractivity contribution is 6.30. The minimum Gasteiger partial charge on any atom is -0.389 e. The van der Waals surface area contributed by atoms with Gasteiger partial charge in [-0.1, -0.05) is 17.7 Å². The summed E-state index contributed by atoms with van der Waals surface area (Å²) in [5.74, 6) is -0.231. The molecule has 1 heterocycles. The minimum atomic E-state index is -0.949. The lowest BCUT2D eigenvalue weighted by Crippen LogP contribution is -2.39. The van der Waals surface area contributed by atoms with Crippen molar-refractivity contribution in [2.45, 2.75) is 26.4 Å². The second-order valence-electron chi connectivity index (χ2n) is 6.04. The second kappa shape index (κ2) is 6.10. The van der Waals surface area contributed by atoms with E-state index in [0.29, 0.717) is 10.7 Å². The summed E-state index contributed by atoms with van der Waals surface area (Å²) < 4.78 is 1.68. The second-order valence-corrected chi connectivity index (χ2v) is 6.47. The van der Waals surface area contributed by atoms with Crippen molar-refractivity contribution in [2.24, 2.45) is 0 Å². The first-order valence-corrected chi connectivity index (χ1v) is 7.35. The number of benzene rings is 1. The fourth-order valence-electron chi connectivity index (χ4n) is 2.30. The molecule has 0 saturated carbocycles. The molecule has 5 nitrogen and oxygen atoms in total. The number of carbonyl (C=O) groups excluding carboxylic acids is 1. The molecule has 1 N–H and O–H groups in total. The number of hydrogen-bond acceptors (Lipinski definition) is 3. The molecule has 2 rings (SSSR count). The number of aryl methyl sites for hydroxylation is 1. The molecular formula is C16H20ClN3O2. The molecule has 22 heavy (non-hydrogen) atoms. The molecule has 1 aromatic heterocycles. The van der Waals surface area contributed by atoms with Crippen LogP contribution in [0.4, 0.5) is 0 Å². The highest BCUT2D eigenvalue weighted by Gasteiger charge is 2.22. The molecule has 0 fully saturated rings. The molecule has 0 aliphatic carbocycles. The molecule has 0 bridgehead atoms. The largest absolute Gasteiger partial charge is 0.389 e. The van der Waals surface area contributed by atoms with Gasteiger partial charge in [0.2, 0.25) is 0 Å². The van der Waals surface area contributed by atoms with Crippen LogP contribution in [-0.2, 0) is 0 Å². The highest BCUT2D eigenvalue weighted by Crippen LogP contribution is 2.17. The Hall–Kier alpha value is -1.85. The molecule has 0 saturated heterocycles. The Balaban J connectivity index is 2.28. The van der Waals surface area contributed by atoms with Gasteiger partial charge in [0.25, 0.3) is 5.91 Å². The number of rotatable bonds is 4. The minimum absolute atomic E-state index is 0.231. The fraction of sp³-hybridized carbons (Fsp3) is 0.375. The van der Waals surface area contributed by atoms with E-state index in [9.17, 15) is 9.90 Å². The smallest absolute Gasteiger partial charge is 0.274 e. The number of nitrogens with zero attached hydrogens (tertiary/aromatic N) is 3. The van der Waals surface area contributed by atoms with E-state index in [-0.39, 0.29) is 12.5 Å². The molecule has 2 aromatic rings. The van der Waals surface area contributed by atoms with Crippen LogP contribution in [0.3, 0.4) is 0 Å². The van der Waals surface area contributed by atoms with Gasteiger partial charge in [-0.3, -0.25) is 4.79 Å². The first-order chi connectivity index (χ1) is 10.2. The summed E-state index contributed by atoms with van der Waals surface area (Å²) in [6, 6.07) is 9.01. The van der Waals surface area contributed by atoms with Gasteiger partial charge in [-0.25, -0.2) is 4.68 Å². The number of amides is 1. The number of likely N-dealkylation sites (N-methyl/N-ethyl adjacent to an activating group) is 1. The monoisotopic (exact) mass is 321 g/mol. The Morgan fingerprint density at radius 1 is 1.41 bits per heavy atom. The Morgan fingerprint density at radius 2 is 2.09 bits per heavy atom. The summed E-state index contributed by atoms with van der Waals surface area (Å²) in [6.07, 6.45) is 0. The van der Waals surface area contributed by atoms with Crippen molar-refractivity contribution in [3.8, 4) is 5.69 Å². The van der Waals surface area contributed by atoms with E-state index in [1.165, 1.54) is 4.90 Å². The van der Waals surface area contributed by atoms with Crippen molar-refractivity contribution in [1.82, 2.24) is 14.7 Å². The third-order valence-corrected chi connectivity index (χ3v) is 3.37. The van der Waals surface area contributed by atoms with Gasteiger partial charge < -0.3 is 10.0 Å². The van der Waals surface area contributed by atoms with E-state index >= 15 is 0 Å². The Bertz CT molecular complexity index is 689. The van der Waals surface area contributed by atoms with Gasteiger partial charge in [0.15, 0.2) is 5.69 Å². The van der Waals surface area contributed by atoms with Gasteiger partial charge >= 0.3 is 0 Å². The summed E-state index contributed by atoms with van der Waals surface area (Å²) in [5, 5.41) is 14.8. The first-order valence-electron chi connectivity index (χ1n) is 6.98. The van der Waals surface area contributed by atoms with Crippen LogP contribution in [0.5, 0.6) is 0 Å². The normalized spacial score (nSPS) is 11.5. The Labute approximate surface area is 135 Å². The Kier molecular flexibility index (Phi) is 4.58. The van der Waals surface area contributed by atoms with Gasteiger partial charge in [0, 0.05) is 24.3 Å². The first kappa shape index (κ1) is 16.5. The number of hydrogen-bond donors (Lipinski definition) is 1. The number of halogens is 1. The lowest BCUT2D eigenvalue weighted by molar-refractivity contribution is 0.0364. The maximum absolute atomic E-state index is 12.4. The van der Waals surface area contributed by atoms with Crippen LogP contribution in [0.15, 0.2) is 30.3 Å². The average Bonchev–Trinajstić information content (AvgIpc) is 2.78. The van der Waals surface area contributed by atoms with E-state index in [0.717, 1.165) is 11.4 Å². The van der Waals surface area contributed by atoms with Crippen molar-refractivity contribution in [3.63, 3.8) is 0 Å². The van der Waals surface area contributed by atoms with Crippen molar-refractivity contribution in [1.29, 1.82) is 0 Å². The molecule has 118 valence electrons. The summed E-state index contributed by atoms with van der Waals surface area (Å²) >= 11 is 6.00. The van der Waals surface area contributed by atoms with Gasteiger partial charge in [-0.05, 0) is 45.0 Å². The Morgan fingerprint density at radius 3 is 2.68 bits per heavy atom. The number of aliphatic hydroxyl groups is 1. The quantitative estimate of drug-likeness (QED) is 0.942. The molecule has 0 unspecified atom stereocenters. The van der Waals surface area contributed by atoms with Crippen LogP contribution in [0.1, 0.15) is 30.0 Å². The average molecular weight is 322 g/mol. The molecule has 0 spiro atoms. The van der Waals surface area contributed by atoms with Crippen LogP contribution >= 0.6 is 11.6 Å². The SMILES string of the molecule is Cc1cc(C(=O)N(C)CC(C)(C)O)nn1-c1cccc(Cl)c1. The predicted octanol–water partition coefficient (Wildman–Crippen LogP) is 2.68. The summed E-state index contributed by atoms with van der Waals surface area (Å²) in [7, 11) is 1.65. The highest BCUT2D eigenvalue weighted by atomic mass is 35.5. The molecule has 0 aliphatic rings. The fourth-order valence-corrected chi connectivity index (χ4v) is 2.48. The zero-order chi connectivity index (χ0) is 16.5. The number of carbonyl (C=O) groups is 1. The molecule has 6 heteroatoms. The molecular weight excluding hydrogens is 302 g/mol. The van der Waals surface area contributed by atoms with Gasteiger partial charge in [-0.15, -0.1) is 0 Å². The predicted molar refractivity (Wildman–Crippen MR) is 86.6 cm³/mol. The standard InChI is InChI=1S/C16H20ClN3O2/c1-11-8-14(15(21)19(4)10-16(2,3)22)18-20(11)13-7-5-6-12(17)9-13/h5-9,22H,10H2,1-4H3. The summed E-state index contributed by atoms with van der Waals surface area (Å²) in [4.78, 5) is 13.9. The van der Waals surface area contributed by atoms with Crippen LogP contribution in [0, 0.1) is 6.92 Å². The summed E-state index contributed by atoms with van der Waals surface area (Å²) in [5.41, 5.74) is 1.02. The molecule has 0 aliphatic heterocycles. The lowest BCUT2D eigenvalue weighted by Gasteiger charge is -2.24. The van der Waals surface area contributed by atoms with Gasteiger partial charge in [0.1, 0.15) is 0 Å². The van der Waals surface area contributed by atoms with Gasteiger partial charge in [0.05, 0.1) is 11.3 Å². The van der Waals surface area contributed by atoms with E-state index in [4.69, 9.17) is 11.6 Å². The van der Waals surface area contributed by atoms with Crippen LogP contribution < -0.4 is 0 Å².